The number of alkyl halides is 14. The zero-order valence-corrected chi connectivity index (χ0v) is 65.1. The van der Waals surface area contributed by atoms with E-state index in [1.165, 1.54) is 60.5 Å². The molecule has 21 nitrogen and oxygen atoms in total. The summed E-state index contributed by atoms with van der Waals surface area (Å²) in [5.41, 5.74) is -2.53. The quantitative estimate of drug-likeness (QED) is 0.0267. The maximum atomic E-state index is 13.5. The summed E-state index contributed by atoms with van der Waals surface area (Å²) < 4.78 is 209. The van der Waals surface area contributed by atoms with Gasteiger partial charge in [0.15, 0.2) is 28.6 Å². The number of fused-ring (bicyclic) bond motifs is 6. The van der Waals surface area contributed by atoms with Gasteiger partial charge in [0, 0.05) is 115 Å². The van der Waals surface area contributed by atoms with Crippen LogP contribution in [0.15, 0.2) is 85.2 Å². The number of hydrogen-bond acceptors (Lipinski definition) is 15. The van der Waals surface area contributed by atoms with Crippen molar-refractivity contribution in [1.82, 2.24) is 49.5 Å². The van der Waals surface area contributed by atoms with Crippen molar-refractivity contribution in [3.8, 4) is 17.2 Å². The number of aromatic amines is 1. The van der Waals surface area contributed by atoms with E-state index in [0.717, 1.165) is 41.4 Å². The van der Waals surface area contributed by atoms with Gasteiger partial charge in [-0.05, 0) is 131 Å². The Balaban J connectivity index is 0.000000191. The van der Waals surface area contributed by atoms with Crippen LogP contribution in [0.5, 0.6) is 17.2 Å². The molecule has 2 aliphatic heterocycles. The van der Waals surface area contributed by atoms with E-state index in [4.69, 9.17) is 34.5 Å². The third kappa shape index (κ3) is 21.0. The van der Waals surface area contributed by atoms with Crippen molar-refractivity contribution in [3.05, 3.63) is 160 Å². The second kappa shape index (κ2) is 35.5. The summed E-state index contributed by atoms with van der Waals surface area (Å²) >= 11 is 2.32. The van der Waals surface area contributed by atoms with Crippen LogP contribution >= 0.6 is 22.6 Å². The third-order valence-corrected chi connectivity index (χ3v) is 20.7. The van der Waals surface area contributed by atoms with Crippen LogP contribution in [0, 0.1) is 31.1 Å². The van der Waals surface area contributed by atoms with Crippen LogP contribution in [0.25, 0.3) is 0 Å². The number of H-pyrrole nitrogens is 1. The molecule has 37 heteroatoms. The number of nitrogens with zero attached hydrogens (tertiary/aromatic N) is 9. The molecular weight excluding hydrogens is 1620 g/mol. The number of nitrogens with one attached hydrogen (secondary N) is 1. The number of ketones is 2. The SMILES string of the molecule is C1CCOC1.CN(C)C(=O)[C@@H]1C[C@@H]1I.COc1ccc(Cn2cc(B3OC(C)(C)C(C)(C)O3)c(C(F)(F)F)n2)cc1.COc1ccc(Cn2cc([C@H]3C[C@H]3C(=O)N(C)OC)c(C(F)(F)F)n2)cc1.COc1ccc(Cn2nc(C(F)(F)F)c3c2C(=O)[C@@H]2C[C@H]32)cc1.O=C1c2n[nH]c(C(F)(F)F)c2[C@H]2C[C@@H]12.[2H]CF.[CH3-].[V]. The number of halogens is 14. The van der Waals surface area contributed by atoms with Gasteiger partial charge in [0.25, 0.3) is 0 Å². The van der Waals surface area contributed by atoms with E-state index in [-0.39, 0.29) is 126 Å². The number of amides is 2. The van der Waals surface area contributed by atoms with Crippen LogP contribution in [0.3, 0.4) is 0 Å². The van der Waals surface area contributed by atoms with E-state index in [9.17, 15) is 76.3 Å². The molecule has 7 aromatic rings. The van der Waals surface area contributed by atoms with Crippen LogP contribution in [0.1, 0.15) is 162 Å². The number of carbonyl (C=O) groups excluding carboxylic acids is 4. The fourth-order valence-corrected chi connectivity index (χ4v) is 13.4. The van der Waals surface area contributed by atoms with Crippen LogP contribution < -0.4 is 19.7 Å². The Labute approximate surface area is 648 Å². The molecule has 6 aliphatic carbocycles. The van der Waals surface area contributed by atoms with Crippen LogP contribution in [0.2, 0.25) is 0 Å². The van der Waals surface area contributed by atoms with Gasteiger partial charge in [0.05, 0.1) is 73.7 Å². The number of benzene rings is 3. The molecule has 6 heterocycles. The summed E-state index contributed by atoms with van der Waals surface area (Å²) in [5, 5.41) is 17.6. The van der Waals surface area contributed by atoms with E-state index >= 15 is 0 Å². The largest absolute Gasteiger partial charge is 0.498 e. The average Bonchev–Trinajstić information content (AvgIpc) is 1.54. The zero-order valence-electron chi connectivity index (χ0n) is 62.5. The van der Waals surface area contributed by atoms with E-state index < -0.39 is 84.8 Å². The predicted molar refractivity (Wildman–Crippen MR) is 376 cm³/mol. The Morgan fingerprint density at radius 1 is 0.606 bits per heavy atom. The topological polar surface area (TPSA) is 222 Å². The molecule has 109 heavy (non-hydrogen) atoms. The number of ether oxygens (including phenoxy) is 4. The molecule has 2 amide bonds. The van der Waals surface area contributed by atoms with Crippen LogP contribution in [0.4, 0.5) is 57.1 Å². The number of carbonyl (C=O) groups is 4. The first-order valence-corrected chi connectivity index (χ1v) is 34.9. The van der Waals surface area contributed by atoms with Gasteiger partial charge in [-0.25, -0.2) is 5.06 Å². The van der Waals surface area contributed by atoms with Gasteiger partial charge in [-0.2, -0.15) is 73.1 Å². The molecule has 1 N–H and O–H groups in total. The molecular formula is C72H84BF13IN10O11V-. The van der Waals surface area contributed by atoms with Crippen LogP contribution in [-0.2, 0) is 91.4 Å². The fourth-order valence-electron chi connectivity index (χ4n) is 12.5. The molecule has 2 saturated heterocycles. The van der Waals surface area contributed by atoms with Gasteiger partial charge in [0.1, 0.15) is 34.3 Å². The molecule has 4 aromatic heterocycles. The number of hydrogen-bond donors (Lipinski definition) is 1. The maximum Gasteiger partial charge on any atom is 0.498 e. The molecule has 8 atom stereocenters. The minimum atomic E-state index is -4.61. The molecule has 1 radical (unpaired) electrons. The summed E-state index contributed by atoms with van der Waals surface area (Å²) in [7, 11) is 8.90. The fraction of sp³-hybridized carbons (Fsp3) is 0.514. The number of methoxy groups -OCH3 is 3. The molecule has 0 unspecified atom stereocenters. The van der Waals surface area contributed by atoms with Gasteiger partial charge in [0.2, 0.25) is 11.8 Å². The van der Waals surface area contributed by atoms with Crippen molar-refractivity contribution in [2.24, 2.45) is 23.7 Å². The van der Waals surface area contributed by atoms with Gasteiger partial charge >= 0.3 is 31.8 Å². The van der Waals surface area contributed by atoms with Crippen molar-refractivity contribution < 1.29 is 129 Å². The van der Waals surface area contributed by atoms with Crippen molar-refractivity contribution in [3.63, 3.8) is 0 Å². The van der Waals surface area contributed by atoms with Crippen LogP contribution in [-0.4, -0.2) is 165 Å². The average molecular weight is 1700 g/mol. The Morgan fingerprint density at radius 2 is 1.05 bits per heavy atom. The summed E-state index contributed by atoms with van der Waals surface area (Å²) in [4.78, 5) is 53.2. The standard InChI is InChI=1S/C18H22BF3N2O3.C18H20F3N3O3.C16H13F3N2O2.C8H5F3N2O.C6H10INO.C4H8O.CH3F.CH3.V/c1-16(2)17(3,4)27-19(26-16)14-11-24(23-15(14)18(20,21)22)10-12-6-8-13(25-5)9-7-12;1-23(27-3)17(25)14-8-13(14)15-10-24(22-16(15)18(19,20)21)9-11-4-6-12(26-2)7-5-11;1-23-9-4-2-8(3-5-9)7-21-13-12(10-6-11(10)14(13)22)15(20-21)16(17,18)19;9-8(10,11)7-4-2-1-3(2)6(14)5(4)12-13-7;1-8(2)6(9)4-3-5(4)7;1-2-4-5-3-1;1-2;;/h6-9,11H,10H2,1-5H3;4-7,10,13-14H,8-9H2,1-3H3;2-5,10-11H,6-7H2,1H3;2-3H,1H2,(H,12,13);4-5H,3H2,1-2H3;1-4H2;1H3;1H3;/q;;;;;;;-1;/t;13-,14+;10-,11+;2-,3+;4-,5+;;;;/m.0001..../s1/i;;;;;;1D;;. The van der Waals surface area contributed by atoms with Gasteiger partial charge in [-0.3, -0.25) is 47.6 Å². The first kappa shape index (κ1) is 87.1. The predicted octanol–water partition coefficient (Wildman–Crippen LogP) is 14.1. The van der Waals surface area contributed by atoms with Gasteiger partial charge in [-0.1, -0.05) is 59.0 Å². The third-order valence-electron chi connectivity index (χ3n) is 19.3. The molecule has 15 rings (SSSR count). The monoisotopic (exact) mass is 1700 g/mol. The van der Waals surface area contributed by atoms with Gasteiger partial charge in [-0.15, -0.1) is 0 Å². The van der Waals surface area contributed by atoms with E-state index in [2.05, 4.69) is 43.0 Å². The number of Topliss-reactive ketones (excluding diaryl/α,β-unsaturated/α-hetero) is 2. The number of hydroxylamine groups is 2. The Bertz CT molecular complexity index is 4260. The summed E-state index contributed by atoms with van der Waals surface area (Å²) in [6.07, 6.45) is -10.4. The molecule has 4 saturated carbocycles. The van der Waals surface area contributed by atoms with Crippen molar-refractivity contribution in [2.45, 2.75) is 143 Å². The Morgan fingerprint density at radius 3 is 1.45 bits per heavy atom. The summed E-state index contributed by atoms with van der Waals surface area (Å²) in [6, 6.07) is 21.0. The molecule has 595 valence electrons. The Kier molecular flexibility index (Phi) is 28.3. The minimum Gasteiger partial charge on any atom is -0.497 e. The van der Waals surface area contributed by atoms with E-state index in [1.54, 1.807) is 120 Å². The smallest absolute Gasteiger partial charge is 0.497 e. The second-order valence-electron chi connectivity index (χ2n) is 27.5. The van der Waals surface area contributed by atoms with E-state index in [0.29, 0.717) is 46.4 Å². The molecule has 0 bridgehead atoms. The second-order valence-corrected chi connectivity index (χ2v) is 29.1. The zero-order chi connectivity index (χ0) is 79.5. The molecule has 3 aromatic carbocycles. The number of rotatable bonds is 14. The maximum absolute atomic E-state index is 13.5. The van der Waals surface area contributed by atoms with Gasteiger partial charge < -0.3 is 40.6 Å². The van der Waals surface area contributed by atoms with E-state index in [1.807, 2.05) is 19.2 Å². The first-order chi connectivity index (χ1) is 50.6. The molecule has 0 spiro atoms. The summed E-state index contributed by atoms with van der Waals surface area (Å²) in [5.74, 6) is -0.197. The first-order valence-electron chi connectivity index (χ1n) is 34.4. The number of aromatic nitrogens is 8. The Hall–Kier alpha value is -7.51. The van der Waals surface area contributed by atoms with Crippen molar-refractivity contribution in [2.75, 3.05) is 69.9 Å². The molecule has 6 fully saturated rings. The van der Waals surface area contributed by atoms with Crippen molar-refractivity contribution in [1.29, 1.82) is 0 Å². The molecule has 8 aliphatic rings. The minimum absolute atomic E-state index is 0. The van der Waals surface area contributed by atoms with Crippen molar-refractivity contribution >= 4 is 58.6 Å². The normalized spacial score (nSPS) is 21.6. The summed E-state index contributed by atoms with van der Waals surface area (Å²) in [6.45, 7) is 9.69.